The predicted octanol–water partition coefficient (Wildman–Crippen LogP) is 3.38. The van der Waals surface area contributed by atoms with Gasteiger partial charge in [-0.25, -0.2) is 14.4 Å². The maximum Gasteiger partial charge on any atom is 0.150 e. The number of hydrogen-bond donors (Lipinski definition) is 1. The van der Waals surface area contributed by atoms with E-state index in [4.69, 9.17) is 5.73 Å². The summed E-state index contributed by atoms with van der Waals surface area (Å²) >= 11 is 0. The Kier molecular flexibility index (Phi) is 2.93. The molecule has 21 heavy (non-hydrogen) atoms. The first-order valence-corrected chi connectivity index (χ1v) is 6.78. The third-order valence-corrected chi connectivity index (χ3v) is 3.91. The van der Waals surface area contributed by atoms with Crippen molar-refractivity contribution in [1.82, 2.24) is 14.5 Å². The summed E-state index contributed by atoms with van der Waals surface area (Å²) in [6.07, 6.45) is 0. The highest BCUT2D eigenvalue weighted by molar-refractivity contribution is 5.92. The molecule has 0 fully saturated rings. The maximum absolute atomic E-state index is 13.9. The van der Waals surface area contributed by atoms with Crippen LogP contribution in [0.3, 0.4) is 0 Å². The van der Waals surface area contributed by atoms with Crippen LogP contribution in [0.5, 0.6) is 0 Å². The quantitative estimate of drug-likeness (QED) is 0.745. The van der Waals surface area contributed by atoms with Crippen LogP contribution in [0, 0.1) is 33.5 Å². The minimum Gasteiger partial charge on any atom is -0.383 e. The summed E-state index contributed by atoms with van der Waals surface area (Å²) in [7, 11) is 0. The molecule has 5 heteroatoms. The van der Waals surface area contributed by atoms with Crippen molar-refractivity contribution in [2.75, 3.05) is 5.73 Å². The molecule has 108 valence electrons. The van der Waals surface area contributed by atoms with Crippen LogP contribution in [0.25, 0.3) is 16.7 Å². The Hall–Kier alpha value is -2.43. The molecule has 1 aromatic carbocycles. The fraction of sp³-hybridized carbons (Fsp3) is 0.250. The van der Waals surface area contributed by atoms with E-state index in [1.165, 1.54) is 6.07 Å². The number of nitrogens with two attached hydrogens (primary N) is 1. The molecule has 0 saturated carbocycles. The SMILES string of the molecule is Cc1nc(N)c2c(C)c(C)n(-c3ccc(C)c(F)c3)c2n1. The standard InChI is InChI=1S/C16H17FN4/c1-8-5-6-12(7-13(8)17)21-10(3)9(2)14-15(18)19-11(4)20-16(14)21/h5-7H,1-4H3,(H2,18,19,20). The Morgan fingerprint density at radius 2 is 1.81 bits per heavy atom. The van der Waals surface area contributed by atoms with Crippen LogP contribution in [0.15, 0.2) is 18.2 Å². The van der Waals surface area contributed by atoms with Gasteiger partial charge >= 0.3 is 0 Å². The summed E-state index contributed by atoms with van der Waals surface area (Å²) < 4.78 is 15.8. The van der Waals surface area contributed by atoms with E-state index >= 15 is 0 Å². The molecule has 3 rings (SSSR count). The number of aromatic nitrogens is 3. The first-order chi connectivity index (χ1) is 9.90. The molecule has 0 atom stereocenters. The Morgan fingerprint density at radius 1 is 1.10 bits per heavy atom. The summed E-state index contributed by atoms with van der Waals surface area (Å²) in [6.45, 7) is 7.50. The van der Waals surface area contributed by atoms with Crippen LogP contribution in [-0.2, 0) is 0 Å². The highest BCUT2D eigenvalue weighted by atomic mass is 19.1. The van der Waals surface area contributed by atoms with Gasteiger partial charge in [-0.3, -0.25) is 4.57 Å². The smallest absolute Gasteiger partial charge is 0.150 e. The first kappa shape index (κ1) is 13.5. The second-order valence-corrected chi connectivity index (χ2v) is 5.33. The van der Waals surface area contributed by atoms with Crippen LogP contribution >= 0.6 is 0 Å². The van der Waals surface area contributed by atoms with Crippen molar-refractivity contribution < 1.29 is 4.39 Å². The fourth-order valence-electron chi connectivity index (χ4n) is 2.64. The van der Waals surface area contributed by atoms with Gasteiger partial charge < -0.3 is 5.73 Å². The topological polar surface area (TPSA) is 56.7 Å². The number of nitrogens with zero attached hydrogens (tertiary/aromatic N) is 3. The summed E-state index contributed by atoms with van der Waals surface area (Å²) in [5.41, 5.74) is 10.1. The summed E-state index contributed by atoms with van der Waals surface area (Å²) in [4.78, 5) is 8.72. The number of nitrogen functional groups attached to an aromatic ring is 1. The molecule has 0 aliphatic heterocycles. The Labute approximate surface area is 122 Å². The van der Waals surface area contributed by atoms with Crippen LogP contribution in [-0.4, -0.2) is 14.5 Å². The van der Waals surface area contributed by atoms with Crippen molar-refractivity contribution in [2.45, 2.75) is 27.7 Å². The average molecular weight is 284 g/mol. The Morgan fingerprint density at radius 3 is 2.48 bits per heavy atom. The van der Waals surface area contributed by atoms with E-state index in [-0.39, 0.29) is 5.82 Å². The largest absolute Gasteiger partial charge is 0.383 e. The molecule has 0 aliphatic carbocycles. The highest BCUT2D eigenvalue weighted by Crippen LogP contribution is 2.30. The normalized spacial score (nSPS) is 11.3. The van der Waals surface area contributed by atoms with Gasteiger partial charge in [0, 0.05) is 5.69 Å². The Bertz CT molecular complexity index is 865. The molecule has 0 aliphatic rings. The number of hydrogen-bond acceptors (Lipinski definition) is 3. The van der Waals surface area contributed by atoms with E-state index < -0.39 is 0 Å². The van der Waals surface area contributed by atoms with Gasteiger partial charge in [0.25, 0.3) is 0 Å². The number of halogens is 1. The van der Waals surface area contributed by atoms with Crippen molar-refractivity contribution in [2.24, 2.45) is 0 Å². The predicted molar refractivity (Wildman–Crippen MR) is 82.2 cm³/mol. The Balaban J connectivity index is 2.42. The van der Waals surface area contributed by atoms with Crippen molar-refractivity contribution in [3.05, 3.63) is 46.7 Å². The van der Waals surface area contributed by atoms with Crippen LogP contribution in [0.4, 0.5) is 10.2 Å². The lowest BCUT2D eigenvalue weighted by Crippen LogP contribution is -2.02. The molecule has 3 aromatic rings. The van der Waals surface area contributed by atoms with E-state index in [1.54, 1.807) is 19.9 Å². The second-order valence-electron chi connectivity index (χ2n) is 5.33. The number of aryl methyl sites for hydroxylation is 3. The molecule has 0 unspecified atom stereocenters. The zero-order valence-electron chi connectivity index (χ0n) is 12.5. The van der Waals surface area contributed by atoms with E-state index in [0.717, 1.165) is 28.0 Å². The van der Waals surface area contributed by atoms with E-state index in [2.05, 4.69) is 9.97 Å². The lowest BCUT2D eigenvalue weighted by molar-refractivity contribution is 0.617. The molecule has 2 aromatic heterocycles. The molecule has 0 saturated heterocycles. The molecule has 0 radical (unpaired) electrons. The third-order valence-electron chi connectivity index (χ3n) is 3.91. The van der Waals surface area contributed by atoms with Gasteiger partial charge in [-0.2, -0.15) is 0 Å². The van der Waals surface area contributed by atoms with Crippen molar-refractivity contribution in [3.63, 3.8) is 0 Å². The van der Waals surface area contributed by atoms with E-state index in [1.807, 2.05) is 24.5 Å². The van der Waals surface area contributed by atoms with Gasteiger partial charge in [0.05, 0.1) is 11.1 Å². The zero-order valence-corrected chi connectivity index (χ0v) is 12.5. The third kappa shape index (κ3) is 1.96. The maximum atomic E-state index is 13.9. The molecular weight excluding hydrogens is 267 g/mol. The number of benzene rings is 1. The van der Waals surface area contributed by atoms with E-state index in [0.29, 0.717) is 17.2 Å². The summed E-state index contributed by atoms with van der Waals surface area (Å²) in [5, 5.41) is 0.832. The lowest BCUT2D eigenvalue weighted by Gasteiger charge is -2.09. The monoisotopic (exact) mass is 284 g/mol. The molecule has 0 amide bonds. The zero-order chi connectivity index (χ0) is 15.3. The average Bonchev–Trinajstić information content (AvgIpc) is 2.65. The van der Waals surface area contributed by atoms with Gasteiger partial charge in [0.1, 0.15) is 17.5 Å². The van der Waals surface area contributed by atoms with E-state index in [9.17, 15) is 4.39 Å². The molecule has 2 heterocycles. The minimum atomic E-state index is -0.231. The van der Waals surface area contributed by atoms with Gasteiger partial charge in [0.15, 0.2) is 5.65 Å². The number of anilines is 1. The van der Waals surface area contributed by atoms with Gasteiger partial charge in [-0.05, 0) is 51.0 Å². The number of fused-ring (bicyclic) bond motifs is 1. The van der Waals surface area contributed by atoms with Crippen molar-refractivity contribution in [1.29, 1.82) is 0 Å². The van der Waals surface area contributed by atoms with Gasteiger partial charge in [-0.1, -0.05) is 6.07 Å². The van der Waals surface area contributed by atoms with Crippen molar-refractivity contribution in [3.8, 4) is 5.69 Å². The van der Waals surface area contributed by atoms with Gasteiger partial charge in [-0.15, -0.1) is 0 Å². The molecule has 2 N–H and O–H groups in total. The number of rotatable bonds is 1. The van der Waals surface area contributed by atoms with Crippen LogP contribution < -0.4 is 5.73 Å². The summed E-state index contributed by atoms with van der Waals surface area (Å²) in [5.74, 6) is 0.834. The minimum absolute atomic E-state index is 0.231. The van der Waals surface area contributed by atoms with Gasteiger partial charge in [0.2, 0.25) is 0 Å². The fourth-order valence-corrected chi connectivity index (χ4v) is 2.64. The molecule has 0 bridgehead atoms. The first-order valence-electron chi connectivity index (χ1n) is 6.78. The lowest BCUT2D eigenvalue weighted by atomic mass is 10.2. The highest BCUT2D eigenvalue weighted by Gasteiger charge is 2.17. The second kappa shape index (κ2) is 4.55. The molecule has 4 nitrogen and oxygen atoms in total. The van der Waals surface area contributed by atoms with Crippen LogP contribution in [0.1, 0.15) is 22.6 Å². The van der Waals surface area contributed by atoms with Crippen LogP contribution in [0.2, 0.25) is 0 Å². The molecule has 0 spiro atoms. The molecular formula is C16H17FN4. The van der Waals surface area contributed by atoms with Crippen molar-refractivity contribution >= 4 is 16.9 Å². The summed E-state index contributed by atoms with van der Waals surface area (Å²) in [6, 6.07) is 5.18.